The lowest BCUT2D eigenvalue weighted by Crippen LogP contribution is -2.45. The van der Waals surface area contributed by atoms with Crippen molar-refractivity contribution in [3.63, 3.8) is 0 Å². The van der Waals surface area contributed by atoms with Crippen LogP contribution in [0.15, 0.2) is 12.2 Å². The Labute approximate surface area is 123 Å². The number of ether oxygens (including phenoxy) is 2. The number of carboxylic acids is 1. The standard InChI is InChI=1S/C15H21NO5/c1-9(2)20-7-3-6-16-8-15-5-4-10(21-15)11(14(18)19)12(15)13(16)17/h4-5,9-12H,3,6-8H2,1-2H3,(H,18,19)/p-1/t10-,11+,12-,15+/m1/s1. The Hall–Kier alpha value is -1.40. The van der Waals surface area contributed by atoms with E-state index in [0.717, 1.165) is 6.42 Å². The maximum absolute atomic E-state index is 12.5. The summed E-state index contributed by atoms with van der Waals surface area (Å²) in [7, 11) is 0. The third kappa shape index (κ3) is 2.26. The van der Waals surface area contributed by atoms with Gasteiger partial charge in [-0.25, -0.2) is 0 Å². The predicted octanol–water partition coefficient (Wildman–Crippen LogP) is -0.667. The van der Waals surface area contributed by atoms with Gasteiger partial charge in [-0.05, 0) is 20.3 Å². The average molecular weight is 294 g/mol. The molecule has 3 aliphatic heterocycles. The number of likely N-dealkylation sites (tertiary alicyclic amines) is 1. The fourth-order valence-corrected chi connectivity index (χ4v) is 3.61. The summed E-state index contributed by atoms with van der Waals surface area (Å²) in [5.74, 6) is -2.84. The van der Waals surface area contributed by atoms with E-state index in [0.29, 0.717) is 19.7 Å². The number of rotatable bonds is 6. The van der Waals surface area contributed by atoms with Crippen LogP contribution in [0, 0.1) is 11.8 Å². The fourth-order valence-electron chi connectivity index (χ4n) is 3.61. The van der Waals surface area contributed by atoms with Gasteiger partial charge in [0, 0.05) is 25.0 Å². The van der Waals surface area contributed by atoms with Crippen LogP contribution in [0.25, 0.3) is 0 Å². The van der Waals surface area contributed by atoms with Gasteiger partial charge in [0.05, 0.1) is 24.7 Å². The van der Waals surface area contributed by atoms with E-state index in [1.807, 2.05) is 19.9 Å². The summed E-state index contributed by atoms with van der Waals surface area (Å²) in [5.41, 5.74) is -0.759. The number of carbonyl (C=O) groups excluding carboxylic acids is 2. The third-order valence-corrected chi connectivity index (χ3v) is 4.47. The summed E-state index contributed by atoms with van der Waals surface area (Å²) in [6.07, 6.45) is 3.98. The molecule has 3 rings (SSSR count). The van der Waals surface area contributed by atoms with E-state index in [4.69, 9.17) is 9.47 Å². The molecule has 0 aromatic carbocycles. The van der Waals surface area contributed by atoms with Crippen LogP contribution < -0.4 is 5.11 Å². The highest BCUT2D eigenvalue weighted by Gasteiger charge is 2.65. The molecule has 1 spiro atoms. The Morgan fingerprint density at radius 1 is 1.62 bits per heavy atom. The highest BCUT2D eigenvalue weighted by molar-refractivity contribution is 5.90. The van der Waals surface area contributed by atoms with Gasteiger partial charge in [0.1, 0.15) is 5.60 Å². The minimum Gasteiger partial charge on any atom is -0.550 e. The molecule has 116 valence electrons. The Kier molecular flexibility index (Phi) is 3.53. The van der Waals surface area contributed by atoms with Gasteiger partial charge in [0.2, 0.25) is 5.91 Å². The van der Waals surface area contributed by atoms with Gasteiger partial charge in [-0.15, -0.1) is 0 Å². The first-order chi connectivity index (χ1) is 9.94. The lowest BCUT2D eigenvalue weighted by molar-refractivity contribution is -0.313. The van der Waals surface area contributed by atoms with Crippen LogP contribution in [0.1, 0.15) is 20.3 Å². The third-order valence-electron chi connectivity index (χ3n) is 4.47. The highest BCUT2D eigenvalue weighted by Crippen LogP contribution is 2.51. The molecule has 2 saturated heterocycles. The van der Waals surface area contributed by atoms with Crippen LogP contribution >= 0.6 is 0 Å². The molecule has 6 nitrogen and oxygen atoms in total. The van der Waals surface area contributed by atoms with Crippen LogP contribution in [0.2, 0.25) is 0 Å². The topological polar surface area (TPSA) is 78.9 Å². The summed E-state index contributed by atoms with van der Waals surface area (Å²) in [6.45, 7) is 5.50. The van der Waals surface area contributed by atoms with Gasteiger partial charge in [-0.2, -0.15) is 0 Å². The second kappa shape index (κ2) is 5.10. The van der Waals surface area contributed by atoms with E-state index in [-0.39, 0.29) is 12.0 Å². The van der Waals surface area contributed by atoms with Crippen molar-refractivity contribution in [3.05, 3.63) is 12.2 Å². The Morgan fingerprint density at radius 2 is 2.38 bits per heavy atom. The molecule has 0 saturated carbocycles. The van der Waals surface area contributed by atoms with Crippen molar-refractivity contribution in [1.29, 1.82) is 0 Å². The maximum Gasteiger partial charge on any atom is 0.229 e. The number of carboxylic acid groups (broad SMARTS) is 1. The number of hydrogen-bond acceptors (Lipinski definition) is 5. The molecule has 0 N–H and O–H groups in total. The minimum absolute atomic E-state index is 0.138. The lowest BCUT2D eigenvalue weighted by Gasteiger charge is -2.24. The molecular formula is C15H20NO5-. The molecule has 21 heavy (non-hydrogen) atoms. The SMILES string of the molecule is CC(C)OCCCN1C[C@]23C=C[C@@H](O2)[C@H](C(=O)[O-])[C@@H]3C1=O. The molecule has 0 aromatic rings. The van der Waals surface area contributed by atoms with E-state index >= 15 is 0 Å². The zero-order valence-corrected chi connectivity index (χ0v) is 12.3. The van der Waals surface area contributed by atoms with Gasteiger partial charge >= 0.3 is 0 Å². The normalized spacial score (nSPS) is 36.8. The van der Waals surface area contributed by atoms with Crippen LogP contribution in [0.5, 0.6) is 0 Å². The van der Waals surface area contributed by atoms with Crippen molar-refractivity contribution < 1.29 is 24.2 Å². The Balaban J connectivity index is 1.65. The van der Waals surface area contributed by atoms with Crippen molar-refractivity contribution in [3.8, 4) is 0 Å². The van der Waals surface area contributed by atoms with E-state index in [1.54, 1.807) is 11.0 Å². The molecule has 4 atom stereocenters. The fraction of sp³-hybridized carbons (Fsp3) is 0.733. The molecule has 0 unspecified atom stereocenters. The molecule has 3 aliphatic rings. The summed E-state index contributed by atoms with van der Waals surface area (Å²) in [5, 5.41) is 11.3. The molecule has 2 fully saturated rings. The maximum atomic E-state index is 12.5. The van der Waals surface area contributed by atoms with E-state index < -0.39 is 29.5 Å². The lowest BCUT2D eigenvalue weighted by atomic mass is 9.77. The first kappa shape index (κ1) is 14.5. The number of hydrogen-bond donors (Lipinski definition) is 0. The van der Waals surface area contributed by atoms with Crippen LogP contribution in [0.3, 0.4) is 0 Å². The quantitative estimate of drug-likeness (QED) is 0.480. The van der Waals surface area contributed by atoms with Gasteiger partial charge in [0.15, 0.2) is 0 Å². The van der Waals surface area contributed by atoms with Crippen molar-refractivity contribution in [2.75, 3.05) is 19.7 Å². The zero-order valence-electron chi connectivity index (χ0n) is 12.3. The van der Waals surface area contributed by atoms with Gasteiger partial charge in [0.25, 0.3) is 0 Å². The molecule has 0 radical (unpaired) electrons. The van der Waals surface area contributed by atoms with E-state index in [2.05, 4.69) is 0 Å². The molecule has 1 amide bonds. The molecule has 2 bridgehead atoms. The number of carbonyl (C=O) groups is 2. The molecule has 3 heterocycles. The van der Waals surface area contributed by atoms with Gasteiger partial charge in [-0.3, -0.25) is 4.79 Å². The molecule has 0 aliphatic carbocycles. The summed E-state index contributed by atoms with van der Waals surface area (Å²) < 4.78 is 11.2. The van der Waals surface area contributed by atoms with Crippen LogP contribution in [-0.2, 0) is 19.1 Å². The van der Waals surface area contributed by atoms with Crippen molar-refractivity contribution in [2.24, 2.45) is 11.8 Å². The van der Waals surface area contributed by atoms with Gasteiger partial charge < -0.3 is 24.3 Å². The molecule has 0 aromatic heterocycles. The smallest absolute Gasteiger partial charge is 0.229 e. The average Bonchev–Trinajstić information content (AvgIpc) is 3.03. The Bertz CT molecular complexity index is 488. The van der Waals surface area contributed by atoms with Crippen LogP contribution in [0.4, 0.5) is 0 Å². The van der Waals surface area contributed by atoms with Crippen LogP contribution in [-0.4, -0.2) is 54.3 Å². The second-order valence-corrected chi connectivity index (χ2v) is 6.25. The largest absolute Gasteiger partial charge is 0.550 e. The first-order valence-electron chi connectivity index (χ1n) is 7.43. The predicted molar refractivity (Wildman–Crippen MR) is 71.0 cm³/mol. The summed E-state index contributed by atoms with van der Waals surface area (Å²) >= 11 is 0. The molecular weight excluding hydrogens is 274 g/mol. The number of fused-ring (bicyclic) bond motifs is 1. The highest BCUT2D eigenvalue weighted by atomic mass is 16.5. The minimum atomic E-state index is -1.20. The zero-order chi connectivity index (χ0) is 15.2. The van der Waals surface area contributed by atoms with Crippen molar-refractivity contribution in [1.82, 2.24) is 4.90 Å². The summed E-state index contributed by atoms with van der Waals surface area (Å²) in [6, 6.07) is 0. The van der Waals surface area contributed by atoms with E-state index in [9.17, 15) is 14.7 Å². The van der Waals surface area contributed by atoms with Gasteiger partial charge in [-0.1, -0.05) is 12.2 Å². The monoisotopic (exact) mass is 294 g/mol. The van der Waals surface area contributed by atoms with Crippen molar-refractivity contribution in [2.45, 2.75) is 38.1 Å². The number of aliphatic carboxylic acids is 1. The van der Waals surface area contributed by atoms with E-state index in [1.165, 1.54) is 0 Å². The number of nitrogens with zero attached hydrogens (tertiary/aromatic N) is 1. The Morgan fingerprint density at radius 3 is 3.05 bits per heavy atom. The summed E-state index contributed by atoms with van der Waals surface area (Å²) in [4.78, 5) is 25.5. The second-order valence-electron chi connectivity index (χ2n) is 6.25. The molecule has 6 heteroatoms. The van der Waals surface area contributed by atoms with Crippen molar-refractivity contribution >= 4 is 11.9 Å². The first-order valence-corrected chi connectivity index (χ1v) is 7.43. The number of amides is 1.